The third-order valence-corrected chi connectivity index (χ3v) is 7.09. The highest BCUT2D eigenvalue weighted by Crippen LogP contribution is 2.37. The van der Waals surface area contributed by atoms with E-state index in [1.54, 1.807) is 7.11 Å². The SMILES string of the molecule is COC1CCC(n2nccc2-c2c[nH]c3nc(NCC4CCC(F)(F)CC4)ncc23)CC1. The highest BCUT2D eigenvalue weighted by atomic mass is 19.3. The second kappa shape index (κ2) is 8.77. The van der Waals surface area contributed by atoms with Gasteiger partial charge in [0.2, 0.25) is 11.9 Å². The number of ether oxygens (including phenoxy) is 1. The van der Waals surface area contributed by atoms with Gasteiger partial charge in [0.1, 0.15) is 5.65 Å². The number of fused-ring (bicyclic) bond motifs is 1. The van der Waals surface area contributed by atoms with E-state index in [0.29, 0.717) is 37.5 Å². The summed E-state index contributed by atoms with van der Waals surface area (Å²) in [5.74, 6) is -1.74. The molecular formula is C23H30F2N6O. The van der Waals surface area contributed by atoms with E-state index in [-0.39, 0.29) is 18.8 Å². The van der Waals surface area contributed by atoms with Gasteiger partial charge < -0.3 is 15.0 Å². The van der Waals surface area contributed by atoms with Crippen molar-refractivity contribution in [1.29, 1.82) is 0 Å². The zero-order chi connectivity index (χ0) is 22.1. The van der Waals surface area contributed by atoms with Crippen molar-refractivity contribution in [3.63, 3.8) is 0 Å². The molecule has 3 aromatic rings. The first-order valence-electron chi connectivity index (χ1n) is 11.5. The largest absolute Gasteiger partial charge is 0.381 e. The Morgan fingerprint density at radius 2 is 1.97 bits per heavy atom. The van der Waals surface area contributed by atoms with Gasteiger partial charge in [-0.2, -0.15) is 10.1 Å². The Labute approximate surface area is 186 Å². The molecule has 0 amide bonds. The molecule has 2 aliphatic rings. The van der Waals surface area contributed by atoms with Gasteiger partial charge in [0.25, 0.3) is 0 Å². The molecule has 0 radical (unpaired) electrons. The lowest BCUT2D eigenvalue weighted by molar-refractivity contribution is -0.0443. The van der Waals surface area contributed by atoms with Gasteiger partial charge >= 0.3 is 0 Å². The van der Waals surface area contributed by atoms with Crippen LogP contribution in [-0.2, 0) is 4.74 Å². The lowest BCUT2D eigenvalue weighted by Gasteiger charge is -2.28. The molecule has 172 valence electrons. The van der Waals surface area contributed by atoms with E-state index in [9.17, 15) is 8.78 Å². The number of hydrogen-bond donors (Lipinski definition) is 2. The quantitative estimate of drug-likeness (QED) is 0.547. The summed E-state index contributed by atoms with van der Waals surface area (Å²) >= 11 is 0. The van der Waals surface area contributed by atoms with Crippen LogP contribution in [0.2, 0.25) is 0 Å². The van der Waals surface area contributed by atoms with E-state index in [1.165, 1.54) is 0 Å². The molecule has 0 aliphatic heterocycles. The molecule has 2 fully saturated rings. The molecule has 0 bridgehead atoms. The maximum atomic E-state index is 13.4. The van der Waals surface area contributed by atoms with E-state index in [1.807, 2.05) is 24.7 Å². The summed E-state index contributed by atoms with van der Waals surface area (Å²) in [6.07, 6.45) is 11.2. The van der Waals surface area contributed by atoms with E-state index < -0.39 is 5.92 Å². The Morgan fingerprint density at radius 3 is 2.72 bits per heavy atom. The zero-order valence-corrected chi connectivity index (χ0v) is 18.4. The molecule has 9 heteroatoms. The van der Waals surface area contributed by atoms with Crippen molar-refractivity contribution in [2.24, 2.45) is 5.92 Å². The first kappa shape index (κ1) is 21.3. The second-order valence-electron chi connectivity index (χ2n) is 9.17. The van der Waals surface area contributed by atoms with Crippen molar-refractivity contribution < 1.29 is 13.5 Å². The number of anilines is 1. The van der Waals surface area contributed by atoms with Crippen LogP contribution in [0.1, 0.15) is 57.4 Å². The Hall–Kier alpha value is -2.55. The summed E-state index contributed by atoms with van der Waals surface area (Å²) in [5.41, 5.74) is 2.85. The molecule has 0 saturated heterocycles. The molecule has 2 N–H and O–H groups in total. The Morgan fingerprint density at radius 1 is 1.19 bits per heavy atom. The molecule has 7 nitrogen and oxygen atoms in total. The molecule has 2 saturated carbocycles. The van der Waals surface area contributed by atoms with Gasteiger partial charge in [-0.3, -0.25) is 4.68 Å². The number of nitrogens with one attached hydrogen (secondary N) is 2. The second-order valence-corrected chi connectivity index (χ2v) is 9.17. The van der Waals surface area contributed by atoms with Crippen molar-refractivity contribution in [3.05, 3.63) is 24.7 Å². The minimum atomic E-state index is -2.50. The van der Waals surface area contributed by atoms with Crippen LogP contribution < -0.4 is 5.32 Å². The van der Waals surface area contributed by atoms with Crippen molar-refractivity contribution >= 4 is 17.0 Å². The molecule has 2 aliphatic carbocycles. The Kier molecular flexibility index (Phi) is 5.84. The van der Waals surface area contributed by atoms with E-state index in [4.69, 9.17) is 4.74 Å². The average Bonchev–Trinajstić information content (AvgIpc) is 3.45. The van der Waals surface area contributed by atoms with Gasteiger partial charge in [-0.1, -0.05) is 0 Å². The standard InChI is InChI=1S/C23H30F2N6O/c1-32-17-4-2-16(3-5-17)31-20(8-11-29-31)18-13-26-21-19(18)14-28-22(30-21)27-12-15-6-9-23(24,25)10-7-15/h8,11,13-17H,2-7,9-10,12H2,1H3,(H2,26,27,28,30). The fraction of sp³-hybridized carbons (Fsp3) is 0.609. The molecule has 32 heavy (non-hydrogen) atoms. The average molecular weight is 445 g/mol. The van der Waals surface area contributed by atoms with Gasteiger partial charge in [-0.15, -0.1) is 0 Å². The Bertz CT molecular complexity index is 1050. The molecule has 0 atom stereocenters. The lowest BCUT2D eigenvalue weighted by Crippen LogP contribution is -2.28. The van der Waals surface area contributed by atoms with Gasteiger partial charge in [-0.25, -0.2) is 13.8 Å². The molecule has 3 heterocycles. The third-order valence-electron chi connectivity index (χ3n) is 7.09. The lowest BCUT2D eigenvalue weighted by atomic mass is 9.87. The summed E-state index contributed by atoms with van der Waals surface area (Å²) in [7, 11) is 1.78. The van der Waals surface area contributed by atoms with E-state index >= 15 is 0 Å². The predicted molar refractivity (Wildman–Crippen MR) is 119 cm³/mol. The molecule has 5 rings (SSSR count). The van der Waals surface area contributed by atoms with Crippen LogP contribution in [0.3, 0.4) is 0 Å². The van der Waals surface area contributed by atoms with Crippen LogP contribution in [0, 0.1) is 5.92 Å². The van der Waals surface area contributed by atoms with Crippen molar-refractivity contribution in [1.82, 2.24) is 24.7 Å². The number of nitrogens with zero attached hydrogens (tertiary/aromatic N) is 4. The number of alkyl halides is 2. The highest BCUT2D eigenvalue weighted by molar-refractivity contribution is 5.92. The van der Waals surface area contributed by atoms with Crippen LogP contribution in [0.5, 0.6) is 0 Å². The maximum absolute atomic E-state index is 13.4. The van der Waals surface area contributed by atoms with Gasteiger partial charge in [-0.05, 0) is 50.5 Å². The smallest absolute Gasteiger partial charge is 0.248 e. The number of H-pyrrole nitrogens is 1. The van der Waals surface area contributed by atoms with Gasteiger partial charge in [0.15, 0.2) is 0 Å². The number of aromatic amines is 1. The monoisotopic (exact) mass is 444 g/mol. The Balaban J connectivity index is 1.29. The fourth-order valence-electron chi connectivity index (χ4n) is 5.09. The third kappa shape index (κ3) is 4.35. The molecule has 0 unspecified atom stereocenters. The molecule has 0 spiro atoms. The van der Waals surface area contributed by atoms with E-state index in [0.717, 1.165) is 48.0 Å². The number of methoxy groups -OCH3 is 1. The van der Waals surface area contributed by atoms with Gasteiger partial charge in [0.05, 0.1) is 17.8 Å². The summed E-state index contributed by atoms with van der Waals surface area (Å²) in [4.78, 5) is 12.4. The van der Waals surface area contributed by atoms with Crippen LogP contribution in [-0.4, -0.2) is 50.4 Å². The van der Waals surface area contributed by atoms with Crippen LogP contribution in [0.15, 0.2) is 24.7 Å². The molecule has 0 aromatic carbocycles. The molecule has 3 aromatic heterocycles. The van der Waals surface area contributed by atoms with Crippen molar-refractivity contribution in [3.8, 4) is 11.3 Å². The van der Waals surface area contributed by atoms with Crippen LogP contribution >= 0.6 is 0 Å². The van der Waals surface area contributed by atoms with Crippen LogP contribution in [0.4, 0.5) is 14.7 Å². The fourth-order valence-corrected chi connectivity index (χ4v) is 5.09. The predicted octanol–water partition coefficient (Wildman–Crippen LogP) is 5.19. The molecular weight excluding hydrogens is 414 g/mol. The number of halogens is 2. The summed E-state index contributed by atoms with van der Waals surface area (Å²) in [6, 6.07) is 2.40. The van der Waals surface area contributed by atoms with Crippen molar-refractivity contribution in [2.45, 2.75) is 69.4 Å². The minimum absolute atomic E-state index is 0.0277. The summed E-state index contributed by atoms with van der Waals surface area (Å²) in [6.45, 7) is 0.617. The zero-order valence-electron chi connectivity index (χ0n) is 18.4. The number of aromatic nitrogens is 5. The topological polar surface area (TPSA) is 80.7 Å². The number of hydrogen-bond acceptors (Lipinski definition) is 5. The van der Waals surface area contributed by atoms with E-state index in [2.05, 4.69) is 30.0 Å². The highest BCUT2D eigenvalue weighted by Gasteiger charge is 2.34. The first-order chi connectivity index (χ1) is 15.5. The van der Waals surface area contributed by atoms with Crippen LogP contribution in [0.25, 0.3) is 22.3 Å². The van der Waals surface area contributed by atoms with Gasteiger partial charge in [0, 0.05) is 56.0 Å². The normalized spacial score (nSPS) is 24.1. The van der Waals surface area contributed by atoms with Crippen molar-refractivity contribution in [2.75, 3.05) is 19.0 Å². The number of rotatable bonds is 6. The first-order valence-corrected chi connectivity index (χ1v) is 11.5. The summed E-state index contributed by atoms with van der Waals surface area (Å²) in [5, 5.41) is 8.80. The minimum Gasteiger partial charge on any atom is -0.381 e. The maximum Gasteiger partial charge on any atom is 0.248 e. The summed E-state index contributed by atoms with van der Waals surface area (Å²) < 4.78 is 34.3.